The van der Waals surface area contributed by atoms with Gasteiger partial charge in [0.05, 0.1) is 7.11 Å². The largest absolute Gasteiger partial charge is 0.497 e. The number of nitrogens with zero attached hydrogens (tertiary/aromatic N) is 1. The third kappa shape index (κ3) is 3.31. The van der Waals surface area contributed by atoms with E-state index in [-0.39, 0.29) is 5.91 Å². The van der Waals surface area contributed by atoms with E-state index in [4.69, 9.17) is 9.47 Å². The highest BCUT2D eigenvalue weighted by molar-refractivity contribution is 5.97. The van der Waals surface area contributed by atoms with Crippen LogP contribution < -0.4 is 14.4 Å². The molecule has 0 saturated carbocycles. The molecule has 3 rings (SSSR count). The molecule has 1 atom stereocenters. The van der Waals surface area contributed by atoms with Crippen LogP contribution in [0.15, 0.2) is 48.5 Å². The van der Waals surface area contributed by atoms with E-state index in [0.29, 0.717) is 11.5 Å². The molecule has 0 N–H and O–H groups in total. The molecular formula is C19H21NO3. The first kappa shape index (κ1) is 15.4. The first-order valence-electron chi connectivity index (χ1n) is 7.89. The summed E-state index contributed by atoms with van der Waals surface area (Å²) in [5.74, 6) is 1.33. The highest BCUT2D eigenvalue weighted by Gasteiger charge is 2.27. The van der Waals surface area contributed by atoms with E-state index in [1.165, 1.54) is 5.56 Å². The predicted molar refractivity (Wildman–Crippen MR) is 90.2 cm³/mol. The Labute approximate surface area is 136 Å². The van der Waals surface area contributed by atoms with Gasteiger partial charge in [-0.3, -0.25) is 4.79 Å². The van der Waals surface area contributed by atoms with E-state index < -0.39 is 6.10 Å². The Hall–Kier alpha value is -2.49. The summed E-state index contributed by atoms with van der Waals surface area (Å²) in [5, 5.41) is 0. The van der Waals surface area contributed by atoms with Gasteiger partial charge in [0.15, 0.2) is 6.10 Å². The van der Waals surface area contributed by atoms with Crippen molar-refractivity contribution in [2.45, 2.75) is 25.9 Å². The summed E-state index contributed by atoms with van der Waals surface area (Å²) in [6.45, 7) is 2.53. The molecule has 1 aliphatic rings. The first-order chi connectivity index (χ1) is 11.2. The molecule has 0 fully saturated rings. The molecule has 0 unspecified atom stereocenters. The van der Waals surface area contributed by atoms with Crippen molar-refractivity contribution in [1.29, 1.82) is 0 Å². The number of para-hydroxylation sites is 1. The van der Waals surface area contributed by atoms with Crippen LogP contribution in [0.3, 0.4) is 0 Å². The van der Waals surface area contributed by atoms with Gasteiger partial charge in [0.2, 0.25) is 0 Å². The lowest BCUT2D eigenvalue weighted by Gasteiger charge is -2.31. The van der Waals surface area contributed by atoms with Gasteiger partial charge < -0.3 is 14.4 Å². The van der Waals surface area contributed by atoms with Crippen LogP contribution in [0.5, 0.6) is 11.5 Å². The second-order valence-corrected chi connectivity index (χ2v) is 5.66. The number of fused-ring (bicyclic) bond motifs is 1. The average molecular weight is 311 g/mol. The molecule has 0 aromatic heterocycles. The van der Waals surface area contributed by atoms with Crippen LogP contribution in [0, 0.1) is 0 Å². The molecule has 1 amide bonds. The van der Waals surface area contributed by atoms with Crippen molar-refractivity contribution in [3.05, 3.63) is 54.1 Å². The molecule has 0 saturated heterocycles. The fourth-order valence-electron chi connectivity index (χ4n) is 2.91. The number of hydrogen-bond donors (Lipinski definition) is 0. The van der Waals surface area contributed by atoms with E-state index in [1.807, 2.05) is 41.3 Å². The van der Waals surface area contributed by atoms with Crippen LogP contribution in [0.25, 0.3) is 0 Å². The zero-order valence-corrected chi connectivity index (χ0v) is 13.5. The zero-order chi connectivity index (χ0) is 16.2. The Morgan fingerprint density at radius 1 is 1.13 bits per heavy atom. The van der Waals surface area contributed by atoms with E-state index in [0.717, 1.165) is 25.1 Å². The van der Waals surface area contributed by atoms with Crippen molar-refractivity contribution in [3.63, 3.8) is 0 Å². The fraction of sp³-hybridized carbons (Fsp3) is 0.316. The SMILES string of the molecule is COc1cccc(O[C@H](C)C(=O)N2CCCc3ccccc32)c1. The third-order valence-electron chi connectivity index (χ3n) is 4.08. The minimum atomic E-state index is -0.548. The second-order valence-electron chi connectivity index (χ2n) is 5.66. The molecular weight excluding hydrogens is 290 g/mol. The van der Waals surface area contributed by atoms with Crippen LogP contribution in [-0.4, -0.2) is 25.7 Å². The second kappa shape index (κ2) is 6.73. The zero-order valence-electron chi connectivity index (χ0n) is 13.5. The maximum absolute atomic E-state index is 12.8. The molecule has 2 aromatic carbocycles. The van der Waals surface area contributed by atoms with Crippen LogP contribution >= 0.6 is 0 Å². The van der Waals surface area contributed by atoms with Crippen molar-refractivity contribution >= 4 is 11.6 Å². The van der Waals surface area contributed by atoms with Crippen LogP contribution in [0.4, 0.5) is 5.69 Å². The Balaban J connectivity index is 1.75. The summed E-state index contributed by atoms with van der Waals surface area (Å²) < 4.78 is 11.0. The Morgan fingerprint density at radius 2 is 1.91 bits per heavy atom. The van der Waals surface area contributed by atoms with Gasteiger partial charge in [-0.25, -0.2) is 0 Å². The van der Waals surface area contributed by atoms with Crippen molar-refractivity contribution in [2.75, 3.05) is 18.6 Å². The van der Waals surface area contributed by atoms with Crippen molar-refractivity contribution in [2.24, 2.45) is 0 Å². The van der Waals surface area contributed by atoms with Gasteiger partial charge in [-0.2, -0.15) is 0 Å². The number of amides is 1. The van der Waals surface area contributed by atoms with Gasteiger partial charge in [0, 0.05) is 18.3 Å². The molecule has 1 heterocycles. The number of hydrogen-bond acceptors (Lipinski definition) is 3. The lowest BCUT2D eigenvalue weighted by atomic mass is 10.0. The summed E-state index contributed by atoms with van der Waals surface area (Å²) in [4.78, 5) is 14.6. The minimum absolute atomic E-state index is 0.0139. The maximum atomic E-state index is 12.8. The Morgan fingerprint density at radius 3 is 2.74 bits per heavy atom. The minimum Gasteiger partial charge on any atom is -0.497 e. The van der Waals surface area contributed by atoms with Crippen molar-refractivity contribution in [1.82, 2.24) is 0 Å². The molecule has 0 spiro atoms. The summed E-state index contributed by atoms with van der Waals surface area (Å²) in [6, 6.07) is 15.4. The molecule has 23 heavy (non-hydrogen) atoms. The molecule has 120 valence electrons. The summed E-state index contributed by atoms with van der Waals surface area (Å²) in [7, 11) is 1.61. The lowest BCUT2D eigenvalue weighted by Crippen LogP contribution is -2.43. The Bertz CT molecular complexity index is 699. The van der Waals surface area contributed by atoms with Gasteiger partial charge in [0.1, 0.15) is 11.5 Å². The standard InChI is InChI=1S/C19H21NO3/c1-14(23-17-10-5-9-16(13-17)22-2)19(21)20-12-6-8-15-7-3-4-11-18(15)20/h3-5,7,9-11,13-14H,6,8,12H2,1-2H3/t14-/m1/s1. The highest BCUT2D eigenvalue weighted by Crippen LogP contribution is 2.28. The first-order valence-corrected chi connectivity index (χ1v) is 7.89. The van der Waals surface area contributed by atoms with E-state index >= 15 is 0 Å². The third-order valence-corrected chi connectivity index (χ3v) is 4.08. The van der Waals surface area contributed by atoms with E-state index in [1.54, 1.807) is 20.1 Å². The number of anilines is 1. The van der Waals surface area contributed by atoms with Crippen molar-refractivity contribution < 1.29 is 14.3 Å². The predicted octanol–water partition coefficient (Wildman–Crippen LogP) is 3.44. The van der Waals surface area contributed by atoms with Gasteiger partial charge >= 0.3 is 0 Å². The van der Waals surface area contributed by atoms with E-state index in [2.05, 4.69) is 6.07 Å². The number of benzene rings is 2. The monoisotopic (exact) mass is 311 g/mol. The normalized spacial score (nSPS) is 14.8. The molecule has 1 aliphatic heterocycles. The van der Waals surface area contributed by atoms with Gasteiger partial charge in [-0.05, 0) is 43.5 Å². The van der Waals surface area contributed by atoms with Crippen molar-refractivity contribution in [3.8, 4) is 11.5 Å². The summed E-state index contributed by atoms with van der Waals surface area (Å²) in [5.41, 5.74) is 2.23. The smallest absolute Gasteiger partial charge is 0.267 e. The van der Waals surface area contributed by atoms with Gasteiger partial charge in [0.25, 0.3) is 5.91 Å². The van der Waals surface area contributed by atoms with Crippen LogP contribution in [0.2, 0.25) is 0 Å². The number of carbonyl (C=O) groups excluding carboxylic acids is 1. The number of ether oxygens (including phenoxy) is 2. The molecule has 0 aliphatic carbocycles. The topological polar surface area (TPSA) is 38.8 Å². The number of aryl methyl sites for hydroxylation is 1. The Kier molecular flexibility index (Phi) is 4.51. The lowest BCUT2D eigenvalue weighted by molar-refractivity contribution is -0.124. The van der Waals surface area contributed by atoms with Gasteiger partial charge in [-0.1, -0.05) is 24.3 Å². The fourth-order valence-corrected chi connectivity index (χ4v) is 2.91. The average Bonchev–Trinajstić information content (AvgIpc) is 2.60. The summed E-state index contributed by atoms with van der Waals surface area (Å²) in [6.07, 6.45) is 1.45. The molecule has 0 radical (unpaired) electrons. The molecule has 0 bridgehead atoms. The number of methoxy groups -OCH3 is 1. The molecule has 4 nitrogen and oxygen atoms in total. The highest BCUT2D eigenvalue weighted by atomic mass is 16.5. The number of carbonyl (C=O) groups is 1. The summed E-state index contributed by atoms with van der Waals surface area (Å²) >= 11 is 0. The van der Waals surface area contributed by atoms with Crippen LogP contribution in [0.1, 0.15) is 18.9 Å². The molecule has 4 heteroatoms. The van der Waals surface area contributed by atoms with Gasteiger partial charge in [-0.15, -0.1) is 0 Å². The number of rotatable bonds is 4. The maximum Gasteiger partial charge on any atom is 0.267 e. The quantitative estimate of drug-likeness (QED) is 0.868. The van der Waals surface area contributed by atoms with E-state index in [9.17, 15) is 4.79 Å². The van der Waals surface area contributed by atoms with Crippen LogP contribution in [-0.2, 0) is 11.2 Å². The molecule has 2 aromatic rings.